The van der Waals surface area contributed by atoms with Crippen LogP contribution in [-0.2, 0) is 6.61 Å². The largest absolute Gasteiger partial charge is 0.490 e. The molecule has 0 radical (unpaired) electrons. The maximum atomic E-state index is 13.2. The Kier molecular flexibility index (Phi) is 3.78. The minimum atomic E-state index is -0.350. The van der Waals surface area contributed by atoms with Gasteiger partial charge in [-0.15, -0.1) is 0 Å². The summed E-state index contributed by atoms with van der Waals surface area (Å²) in [6.45, 7) is -0.154. The quantitative estimate of drug-likeness (QED) is 0.855. The Morgan fingerprint density at radius 1 is 1.19 bits per heavy atom. The fraction of sp³-hybridized carbons (Fsp3) is 0.538. The van der Waals surface area contributed by atoms with E-state index in [2.05, 4.69) is 0 Å². The molecule has 1 aliphatic rings. The molecule has 0 aliphatic heterocycles. The second-order valence-corrected chi connectivity index (χ2v) is 4.33. The van der Waals surface area contributed by atoms with Crippen molar-refractivity contribution in [2.24, 2.45) is 0 Å². The van der Waals surface area contributed by atoms with Gasteiger partial charge in [0.2, 0.25) is 0 Å². The second-order valence-electron chi connectivity index (χ2n) is 4.33. The molecule has 3 heteroatoms. The Labute approximate surface area is 95.1 Å². The molecule has 2 rings (SSSR count). The first-order chi connectivity index (χ1) is 7.78. The molecular weight excluding hydrogens is 207 g/mol. The Morgan fingerprint density at radius 2 is 1.94 bits per heavy atom. The monoisotopic (exact) mass is 224 g/mol. The molecule has 1 fully saturated rings. The van der Waals surface area contributed by atoms with E-state index < -0.39 is 0 Å². The predicted molar refractivity (Wildman–Crippen MR) is 59.8 cm³/mol. The summed E-state index contributed by atoms with van der Waals surface area (Å²) in [6.07, 6.45) is 5.95. The lowest BCUT2D eigenvalue weighted by atomic mass is 9.98. The van der Waals surface area contributed by atoms with E-state index in [4.69, 9.17) is 9.84 Å². The summed E-state index contributed by atoms with van der Waals surface area (Å²) in [7, 11) is 0. The smallest absolute Gasteiger partial charge is 0.127 e. The van der Waals surface area contributed by atoms with Crippen LogP contribution in [0.3, 0.4) is 0 Å². The third-order valence-corrected chi connectivity index (χ3v) is 2.97. The van der Waals surface area contributed by atoms with E-state index in [-0.39, 0.29) is 18.5 Å². The van der Waals surface area contributed by atoms with Crippen molar-refractivity contribution < 1.29 is 14.2 Å². The van der Waals surface area contributed by atoms with Crippen LogP contribution in [0.25, 0.3) is 0 Å². The van der Waals surface area contributed by atoms with E-state index >= 15 is 0 Å². The van der Waals surface area contributed by atoms with Crippen molar-refractivity contribution in [2.75, 3.05) is 0 Å². The van der Waals surface area contributed by atoms with Crippen molar-refractivity contribution in [3.8, 4) is 5.75 Å². The van der Waals surface area contributed by atoms with Crippen molar-refractivity contribution in [1.82, 2.24) is 0 Å². The zero-order valence-electron chi connectivity index (χ0n) is 9.29. The first-order valence-electron chi connectivity index (χ1n) is 5.85. The van der Waals surface area contributed by atoms with Gasteiger partial charge in [0.15, 0.2) is 0 Å². The van der Waals surface area contributed by atoms with Gasteiger partial charge in [0.05, 0.1) is 12.7 Å². The Balaban J connectivity index is 2.04. The van der Waals surface area contributed by atoms with Crippen molar-refractivity contribution in [1.29, 1.82) is 0 Å². The van der Waals surface area contributed by atoms with Crippen molar-refractivity contribution in [3.05, 3.63) is 29.6 Å². The molecule has 2 nitrogen and oxygen atoms in total. The SMILES string of the molecule is OCc1cc(F)cc(OC2CCCCC2)c1. The molecule has 16 heavy (non-hydrogen) atoms. The summed E-state index contributed by atoms with van der Waals surface area (Å²) in [6, 6.07) is 4.42. The average Bonchev–Trinajstić information content (AvgIpc) is 2.29. The van der Waals surface area contributed by atoms with E-state index in [1.165, 1.54) is 31.4 Å². The molecule has 1 aliphatic carbocycles. The third kappa shape index (κ3) is 2.95. The highest BCUT2D eigenvalue weighted by Crippen LogP contribution is 2.24. The molecule has 0 unspecified atom stereocenters. The van der Waals surface area contributed by atoms with Crippen LogP contribution in [0.1, 0.15) is 37.7 Å². The summed E-state index contributed by atoms with van der Waals surface area (Å²) in [5, 5.41) is 8.97. The van der Waals surface area contributed by atoms with Crippen molar-refractivity contribution >= 4 is 0 Å². The molecule has 0 amide bonds. The van der Waals surface area contributed by atoms with Gasteiger partial charge < -0.3 is 9.84 Å². The second kappa shape index (κ2) is 5.30. The van der Waals surface area contributed by atoms with Crippen molar-refractivity contribution in [3.63, 3.8) is 0 Å². The number of aliphatic hydroxyl groups excluding tert-OH is 1. The van der Waals surface area contributed by atoms with Gasteiger partial charge in [0.1, 0.15) is 11.6 Å². The summed E-state index contributed by atoms with van der Waals surface area (Å²) in [5.41, 5.74) is 0.561. The first-order valence-corrected chi connectivity index (χ1v) is 5.85. The highest BCUT2D eigenvalue weighted by molar-refractivity contribution is 5.29. The van der Waals surface area contributed by atoms with Crippen LogP contribution in [-0.4, -0.2) is 11.2 Å². The maximum Gasteiger partial charge on any atom is 0.127 e. The van der Waals surface area contributed by atoms with Crippen LogP contribution in [0.15, 0.2) is 18.2 Å². The van der Waals surface area contributed by atoms with E-state index in [0.29, 0.717) is 11.3 Å². The molecule has 1 aromatic rings. The molecule has 88 valence electrons. The van der Waals surface area contributed by atoms with Crippen LogP contribution >= 0.6 is 0 Å². The molecular formula is C13H17FO2. The molecule has 1 N–H and O–H groups in total. The number of benzene rings is 1. The number of hydrogen-bond acceptors (Lipinski definition) is 2. The van der Waals surface area contributed by atoms with Gasteiger partial charge in [-0.05, 0) is 43.4 Å². The minimum absolute atomic E-state index is 0.154. The predicted octanol–water partition coefficient (Wildman–Crippen LogP) is 3.03. The average molecular weight is 224 g/mol. The summed E-state index contributed by atoms with van der Waals surface area (Å²) >= 11 is 0. The number of hydrogen-bond donors (Lipinski definition) is 1. The van der Waals surface area contributed by atoms with Gasteiger partial charge in [0, 0.05) is 6.07 Å². The molecule has 1 aromatic carbocycles. The molecule has 0 atom stereocenters. The van der Waals surface area contributed by atoms with E-state index in [9.17, 15) is 4.39 Å². The number of rotatable bonds is 3. The lowest BCUT2D eigenvalue weighted by Crippen LogP contribution is -2.19. The van der Waals surface area contributed by atoms with E-state index in [1.54, 1.807) is 6.07 Å². The Morgan fingerprint density at radius 3 is 2.62 bits per heavy atom. The zero-order chi connectivity index (χ0) is 11.4. The van der Waals surface area contributed by atoms with E-state index in [1.807, 2.05) is 0 Å². The Hall–Kier alpha value is -1.09. The molecule has 0 aromatic heterocycles. The molecule has 0 heterocycles. The van der Waals surface area contributed by atoms with Gasteiger partial charge in [-0.1, -0.05) is 6.42 Å². The highest BCUT2D eigenvalue weighted by atomic mass is 19.1. The van der Waals surface area contributed by atoms with Crippen LogP contribution in [0.2, 0.25) is 0 Å². The molecule has 0 saturated heterocycles. The van der Waals surface area contributed by atoms with Gasteiger partial charge >= 0.3 is 0 Å². The fourth-order valence-corrected chi connectivity index (χ4v) is 2.16. The van der Waals surface area contributed by atoms with Crippen LogP contribution < -0.4 is 4.74 Å². The number of aliphatic hydroxyl groups is 1. The first kappa shape index (κ1) is 11.4. The number of ether oxygens (including phenoxy) is 1. The minimum Gasteiger partial charge on any atom is -0.490 e. The Bertz CT molecular complexity index is 346. The van der Waals surface area contributed by atoms with Gasteiger partial charge in [-0.3, -0.25) is 0 Å². The van der Waals surface area contributed by atoms with Crippen LogP contribution in [0, 0.1) is 5.82 Å². The third-order valence-electron chi connectivity index (χ3n) is 2.97. The lowest BCUT2D eigenvalue weighted by Gasteiger charge is -2.23. The highest BCUT2D eigenvalue weighted by Gasteiger charge is 2.15. The lowest BCUT2D eigenvalue weighted by molar-refractivity contribution is 0.154. The number of halogens is 1. The van der Waals surface area contributed by atoms with Crippen LogP contribution in [0.4, 0.5) is 4.39 Å². The summed E-state index contributed by atoms with van der Waals surface area (Å²) in [4.78, 5) is 0. The normalized spacial score (nSPS) is 17.4. The van der Waals surface area contributed by atoms with Crippen LogP contribution in [0.5, 0.6) is 5.75 Å². The van der Waals surface area contributed by atoms with Gasteiger partial charge in [-0.2, -0.15) is 0 Å². The molecule has 0 spiro atoms. The van der Waals surface area contributed by atoms with Gasteiger partial charge in [0.25, 0.3) is 0 Å². The fourth-order valence-electron chi connectivity index (χ4n) is 2.16. The summed E-state index contributed by atoms with van der Waals surface area (Å²) < 4.78 is 18.9. The molecule has 1 saturated carbocycles. The van der Waals surface area contributed by atoms with E-state index in [0.717, 1.165) is 12.8 Å². The topological polar surface area (TPSA) is 29.5 Å². The maximum absolute atomic E-state index is 13.2. The van der Waals surface area contributed by atoms with Gasteiger partial charge in [-0.25, -0.2) is 4.39 Å². The standard InChI is InChI=1S/C13H17FO2/c14-11-6-10(9-15)7-13(8-11)16-12-4-2-1-3-5-12/h6-8,12,15H,1-5,9H2. The van der Waals surface area contributed by atoms with Crippen molar-refractivity contribution in [2.45, 2.75) is 44.8 Å². The molecule has 0 bridgehead atoms. The summed E-state index contributed by atoms with van der Waals surface area (Å²) in [5.74, 6) is 0.188. The zero-order valence-corrected chi connectivity index (χ0v) is 9.29.